The summed E-state index contributed by atoms with van der Waals surface area (Å²) < 4.78 is 0. The van der Waals surface area contributed by atoms with E-state index in [1.165, 1.54) is 19.0 Å². The first-order valence-corrected chi connectivity index (χ1v) is 10.4. The highest BCUT2D eigenvalue weighted by Gasteiger charge is 2.21. The summed E-state index contributed by atoms with van der Waals surface area (Å²) in [5.41, 5.74) is 8.26. The molecule has 7 heteroatoms. The highest BCUT2D eigenvalue weighted by molar-refractivity contribution is 6.29. The zero-order valence-electron chi connectivity index (χ0n) is 16.6. The highest BCUT2D eigenvalue weighted by atomic mass is 35.5. The van der Waals surface area contributed by atoms with Crippen LogP contribution in [0.15, 0.2) is 36.5 Å². The molecule has 2 aromatic rings. The fraction of sp³-hybridized carbons (Fsp3) is 0.409. The quantitative estimate of drug-likeness (QED) is 0.626. The number of nitrogens with one attached hydrogen (secondary N) is 2. The van der Waals surface area contributed by atoms with Crippen LogP contribution in [0.25, 0.3) is 0 Å². The fourth-order valence-corrected chi connectivity index (χ4v) is 3.90. The van der Waals surface area contributed by atoms with Crippen LogP contribution >= 0.6 is 11.6 Å². The number of benzene rings is 1. The van der Waals surface area contributed by atoms with Gasteiger partial charge in [-0.05, 0) is 80.5 Å². The molecule has 4 N–H and O–H groups in total. The van der Waals surface area contributed by atoms with Crippen molar-refractivity contribution in [2.45, 2.75) is 32.6 Å². The van der Waals surface area contributed by atoms with Crippen LogP contribution in [0.2, 0.25) is 5.15 Å². The molecule has 0 aliphatic heterocycles. The van der Waals surface area contributed by atoms with Crippen molar-refractivity contribution in [1.82, 2.24) is 10.3 Å². The van der Waals surface area contributed by atoms with Crippen LogP contribution in [0, 0.1) is 18.8 Å². The number of rotatable bonds is 6. The van der Waals surface area contributed by atoms with E-state index in [0.29, 0.717) is 40.3 Å². The molecule has 0 radical (unpaired) electrons. The molecule has 29 heavy (non-hydrogen) atoms. The van der Waals surface area contributed by atoms with E-state index in [1.807, 2.05) is 6.92 Å². The smallest absolute Gasteiger partial charge is 0.257 e. The van der Waals surface area contributed by atoms with Crippen molar-refractivity contribution in [2.24, 2.45) is 17.6 Å². The normalized spacial score (nSPS) is 18.9. The number of aromatic nitrogens is 1. The number of hydrogen-bond acceptors (Lipinski definition) is 4. The van der Waals surface area contributed by atoms with Crippen molar-refractivity contribution in [1.29, 1.82) is 0 Å². The number of nitrogens with two attached hydrogens (primary N) is 1. The number of aryl methyl sites for hydroxylation is 1. The Morgan fingerprint density at radius 1 is 1.14 bits per heavy atom. The number of carbonyl (C=O) groups excluding carboxylic acids is 2. The van der Waals surface area contributed by atoms with Gasteiger partial charge in [-0.15, -0.1) is 0 Å². The lowest BCUT2D eigenvalue weighted by Gasteiger charge is -2.28. The van der Waals surface area contributed by atoms with Gasteiger partial charge >= 0.3 is 0 Å². The molecule has 1 aliphatic rings. The van der Waals surface area contributed by atoms with Gasteiger partial charge < -0.3 is 16.4 Å². The Balaban J connectivity index is 1.57. The molecule has 1 saturated carbocycles. The molecule has 1 aromatic carbocycles. The van der Waals surface area contributed by atoms with Gasteiger partial charge in [-0.25, -0.2) is 4.98 Å². The van der Waals surface area contributed by atoms with E-state index < -0.39 is 0 Å². The highest BCUT2D eigenvalue weighted by Crippen LogP contribution is 2.28. The standard InChI is InChI=1S/C22H27ClN4O2/c1-14-9-17(21(28)26-12-16-4-2-3-15(10-16)11-24)5-7-19(14)27-22(29)18-6-8-20(23)25-13-18/h5-9,13,15-16H,2-4,10-12,24H2,1H3,(H,26,28)(H,27,29). The van der Waals surface area contributed by atoms with Gasteiger partial charge in [0.05, 0.1) is 5.56 Å². The van der Waals surface area contributed by atoms with E-state index in [0.717, 1.165) is 24.9 Å². The van der Waals surface area contributed by atoms with Gasteiger partial charge in [-0.3, -0.25) is 9.59 Å². The second kappa shape index (κ2) is 9.85. The molecule has 1 aliphatic carbocycles. The van der Waals surface area contributed by atoms with E-state index in [2.05, 4.69) is 15.6 Å². The third kappa shape index (κ3) is 5.78. The lowest BCUT2D eigenvalue weighted by atomic mass is 9.81. The van der Waals surface area contributed by atoms with Crippen LogP contribution in [0.1, 0.15) is 52.0 Å². The molecule has 0 spiro atoms. The number of hydrogen-bond donors (Lipinski definition) is 3. The van der Waals surface area contributed by atoms with Crippen molar-refractivity contribution in [3.05, 3.63) is 58.4 Å². The van der Waals surface area contributed by atoms with Gasteiger partial charge in [0.1, 0.15) is 5.15 Å². The maximum atomic E-state index is 12.5. The van der Waals surface area contributed by atoms with Crippen LogP contribution in [0.4, 0.5) is 5.69 Å². The molecular weight excluding hydrogens is 388 g/mol. The van der Waals surface area contributed by atoms with E-state index in [4.69, 9.17) is 17.3 Å². The van der Waals surface area contributed by atoms with Gasteiger partial charge in [0.25, 0.3) is 11.8 Å². The summed E-state index contributed by atoms with van der Waals surface area (Å²) in [7, 11) is 0. The molecule has 6 nitrogen and oxygen atoms in total. The minimum Gasteiger partial charge on any atom is -0.352 e. The number of nitrogens with zero attached hydrogens (tertiary/aromatic N) is 1. The lowest BCUT2D eigenvalue weighted by molar-refractivity contribution is 0.0940. The SMILES string of the molecule is Cc1cc(C(=O)NCC2CCCC(CN)C2)ccc1NC(=O)c1ccc(Cl)nc1. The molecule has 0 bridgehead atoms. The van der Waals surface area contributed by atoms with Gasteiger partial charge in [-0.2, -0.15) is 0 Å². The van der Waals surface area contributed by atoms with Gasteiger partial charge in [-0.1, -0.05) is 18.0 Å². The third-order valence-corrected chi connectivity index (χ3v) is 5.73. The number of pyridine rings is 1. The second-order valence-electron chi connectivity index (χ2n) is 7.70. The number of anilines is 1. The Morgan fingerprint density at radius 2 is 1.90 bits per heavy atom. The van der Waals surface area contributed by atoms with Crippen molar-refractivity contribution in [3.8, 4) is 0 Å². The molecule has 1 heterocycles. The van der Waals surface area contributed by atoms with Crippen LogP contribution in [0.3, 0.4) is 0 Å². The van der Waals surface area contributed by atoms with E-state index in [1.54, 1.807) is 30.3 Å². The summed E-state index contributed by atoms with van der Waals surface area (Å²) in [5.74, 6) is 0.699. The molecule has 0 saturated heterocycles. The van der Waals surface area contributed by atoms with Crippen molar-refractivity contribution >= 4 is 29.1 Å². The molecule has 2 atom stereocenters. The van der Waals surface area contributed by atoms with Crippen molar-refractivity contribution < 1.29 is 9.59 Å². The Morgan fingerprint density at radius 3 is 2.59 bits per heavy atom. The summed E-state index contributed by atoms with van der Waals surface area (Å²) in [4.78, 5) is 28.8. The summed E-state index contributed by atoms with van der Waals surface area (Å²) in [6.45, 7) is 3.26. The summed E-state index contributed by atoms with van der Waals surface area (Å²) in [6.07, 6.45) is 6.02. The van der Waals surface area contributed by atoms with Gasteiger partial charge in [0.2, 0.25) is 0 Å². The maximum Gasteiger partial charge on any atom is 0.257 e. The second-order valence-corrected chi connectivity index (χ2v) is 8.09. The van der Waals surface area contributed by atoms with Crippen LogP contribution < -0.4 is 16.4 Å². The number of amides is 2. The predicted molar refractivity (Wildman–Crippen MR) is 115 cm³/mol. The van der Waals surface area contributed by atoms with Gasteiger partial charge in [0.15, 0.2) is 0 Å². The monoisotopic (exact) mass is 414 g/mol. The third-order valence-electron chi connectivity index (χ3n) is 5.50. The molecule has 154 valence electrons. The molecule has 2 unspecified atom stereocenters. The Hall–Kier alpha value is -2.44. The van der Waals surface area contributed by atoms with Crippen molar-refractivity contribution in [2.75, 3.05) is 18.4 Å². The summed E-state index contributed by atoms with van der Waals surface area (Å²) >= 11 is 5.75. The van der Waals surface area contributed by atoms with E-state index >= 15 is 0 Å². The summed E-state index contributed by atoms with van der Waals surface area (Å²) in [5, 5.41) is 6.22. The Labute approximate surface area is 176 Å². The number of halogens is 1. The van der Waals surface area contributed by atoms with E-state index in [9.17, 15) is 9.59 Å². The van der Waals surface area contributed by atoms with Crippen molar-refractivity contribution in [3.63, 3.8) is 0 Å². The Bertz CT molecular complexity index is 870. The molecule has 1 aromatic heterocycles. The zero-order valence-corrected chi connectivity index (χ0v) is 17.3. The topological polar surface area (TPSA) is 97.1 Å². The maximum absolute atomic E-state index is 12.5. The molecule has 1 fully saturated rings. The number of carbonyl (C=O) groups is 2. The first-order chi connectivity index (χ1) is 14.0. The van der Waals surface area contributed by atoms with Crippen LogP contribution in [0.5, 0.6) is 0 Å². The average Bonchev–Trinajstić information content (AvgIpc) is 2.74. The molecule has 3 rings (SSSR count). The van der Waals surface area contributed by atoms with E-state index in [-0.39, 0.29) is 11.8 Å². The minimum absolute atomic E-state index is 0.0947. The first-order valence-electron chi connectivity index (χ1n) is 9.98. The lowest BCUT2D eigenvalue weighted by Crippen LogP contribution is -2.33. The predicted octanol–water partition coefficient (Wildman–Crippen LogP) is 3.79. The Kier molecular flexibility index (Phi) is 7.23. The zero-order chi connectivity index (χ0) is 20.8. The largest absolute Gasteiger partial charge is 0.352 e. The van der Waals surface area contributed by atoms with Crippen LogP contribution in [-0.2, 0) is 0 Å². The molecule has 2 amide bonds. The average molecular weight is 415 g/mol. The summed E-state index contributed by atoms with van der Waals surface area (Å²) in [6, 6.07) is 8.44. The van der Waals surface area contributed by atoms with Gasteiger partial charge in [0, 0.05) is 24.0 Å². The minimum atomic E-state index is -0.277. The first kappa shape index (κ1) is 21.3. The van der Waals surface area contributed by atoms with Crippen LogP contribution in [-0.4, -0.2) is 29.9 Å². The fourth-order valence-electron chi connectivity index (χ4n) is 3.79. The molecular formula is C22H27ClN4O2.